The molecule has 2 rings (SSSR count). The molecule has 18 heavy (non-hydrogen) atoms. The Kier molecular flexibility index (Phi) is 4.45. The van der Waals surface area contributed by atoms with E-state index in [4.69, 9.17) is 0 Å². The van der Waals surface area contributed by atoms with Crippen LogP contribution in [0.3, 0.4) is 0 Å². The first-order valence-electron chi connectivity index (χ1n) is 7.39. The van der Waals surface area contributed by atoms with Gasteiger partial charge in [0, 0.05) is 6.04 Å². The fraction of sp³-hybridized carbons (Fsp3) is 0.647. The summed E-state index contributed by atoms with van der Waals surface area (Å²) in [6.07, 6.45) is 5.71. The van der Waals surface area contributed by atoms with Crippen LogP contribution in [-0.4, -0.2) is 6.54 Å². The summed E-state index contributed by atoms with van der Waals surface area (Å²) >= 11 is 0. The van der Waals surface area contributed by atoms with Gasteiger partial charge in [0.25, 0.3) is 0 Å². The zero-order chi connectivity index (χ0) is 13.1. The highest BCUT2D eigenvalue weighted by molar-refractivity contribution is 5.39. The first-order chi connectivity index (χ1) is 8.58. The van der Waals surface area contributed by atoms with Crippen molar-refractivity contribution in [2.24, 2.45) is 5.92 Å². The highest BCUT2D eigenvalue weighted by Crippen LogP contribution is 2.26. The van der Waals surface area contributed by atoms with Gasteiger partial charge in [-0.1, -0.05) is 30.5 Å². The molecule has 0 bridgehead atoms. The van der Waals surface area contributed by atoms with E-state index < -0.39 is 0 Å². The van der Waals surface area contributed by atoms with E-state index in [2.05, 4.69) is 45.1 Å². The lowest BCUT2D eigenvalue weighted by Crippen LogP contribution is -2.25. The van der Waals surface area contributed by atoms with Gasteiger partial charge in [0.1, 0.15) is 0 Å². The SMILES string of the molecule is Cc1cc(C)c(C(C)NCC2CCCC2)c(C)c1. The molecule has 1 aliphatic carbocycles. The summed E-state index contributed by atoms with van der Waals surface area (Å²) in [5.74, 6) is 0.915. The van der Waals surface area contributed by atoms with E-state index in [0.29, 0.717) is 6.04 Å². The van der Waals surface area contributed by atoms with Gasteiger partial charge >= 0.3 is 0 Å². The van der Waals surface area contributed by atoms with E-state index >= 15 is 0 Å². The molecule has 0 aromatic heterocycles. The van der Waals surface area contributed by atoms with Crippen LogP contribution in [0.15, 0.2) is 12.1 Å². The molecule has 1 aromatic rings. The van der Waals surface area contributed by atoms with E-state index in [0.717, 1.165) is 5.92 Å². The molecule has 1 saturated carbocycles. The Morgan fingerprint density at radius 3 is 2.22 bits per heavy atom. The van der Waals surface area contributed by atoms with Crippen molar-refractivity contribution in [1.82, 2.24) is 5.32 Å². The van der Waals surface area contributed by atoms with Crippen molar-refractivity contribution in [1.29, 1.82) is 0 Å². The zero-order valence-electron chi connectivity index (χ0n) is 12.3. The topological polar surface area (TPSA) is 12.0 Å². The largest absolute Gasteiger partial charge is 0.310 e. The highest BCUT2D eigenvalue weighted by Gasteiger charge is 2.17. The van der Waals surface area contributed by atoms with Gasteiger partial charge in [-0.3, -0.25) is 0 Å². The monoisotopic (exact) mass is 245 g/mol. The third kappa shape index (κ3) is 3.14. The van der Waals surface area contributed by atoms with Crippen LogP contribution in [0.4, 0.5) is 0 Å². The van der Waals surface area contributed by atoms with E-state index in [-0.39, 0.29) is 0 Å². The quantitative estimate of drug-likeness (QED) is 0.826. The van der Waals surface area contributed by atoms with E-state index in [1.165, 1.54) is 54.5 Å². The van der Waals surface area contributed by atoms with Crippen LogP contribution in [0.1, 0.15) is 60.9 Å². The maximum atomic E-state index is 3.74. The Labute approximate surface area is 112 Å². The Morgan fingerprint density at radius 2 is 1.67 bits per heavy atom. The first kappa shape index (κ1) is 13.6. The number of nitrogens with one attached hydrogen (secondary N) is 1. The Bertz CT molecular complexity index is 379. The summed E-state index contributed by atoms with van der Waals surface area (Å²) in [6.45, 7) is 10.2. The Balaban J connectivity index is 2.01. The lowest BCUT2D eigenvalue weighted by atomic mass is 9.94. The zero-order valence-corrected chi connectivity index (χ0v) is 12.3. The Hall–Kier alpha value is -0.820. The van der Waals surface area contributed by atoms with Crippen molar-refractivity contribution < 1.29 is 0 Å². The Morgan fingerprint density at radius 1 is 1.11 bits per heavy atom. The van der Waals surface area contributed by atoms with Crippen molar-refractivity contribution in [3.63, 3.8) is 0 Å². The molecular weight excluding hydrogens is 218 g/mol. The number of benzene rings is 1. The van der Waals surface area contributed by atoms with Crippen LogP contribution < -0.4 is 5.32 Å². The number of hydrogen-bond acceptors (Lipinski definition) is 1. The molecule has 0 saturated heterocycles. The maximum Gasteiger partial charge on any atom is 0.0297 e. The predicted octanol–water partition coefficient (Wildman–Crippen LogP) is 4.45. The van der Waals surface area contributed by atoms with Crippen LogP contribution in [0, 0.1) is 26.7 Å². The van der Waals surface area contributed by atoms with E-state index in [1.54, 1.807) is 0 Å². The van der Waals surface area contributed by atoms with Crippen molar-refractivity contribution in [2.45, 2.75) is 59.4 Å². The van der Waals surface area contributed by atoms with Crippen LogP contribution in [0.2, 0.25) is 0 Å². The first-order valence-corrected chi connectivity index (χ1v) is 7.39. The van der Waals surface area contributed by atoms with Gasteiger partial charge in [-0.2, -0.15) is 0 Å². The van der Waals surface area contributed by atoms with Gasteiger partial charge in [0.05, 0.1) is 0 Å². The fourth-order valence-electron chi connectivity index (χ4n) is 3.53. The molecule has 1 N–H and O–H groups in total. The summed E-state index contributed by atoms with van der Waals surface area (Å²) in [5, 5.41) is 3.74. The molecule has 1 atom stereocenters. The second kappa shape index (κ2) is 5.88. The van der Waals surface area contributed by atoms with Crippen molar-refractivity contribution in [3.8, 4) is 0 Å². The van der Waals surface area contributed by atoms with Gasteiger partial charge < -0.3 is 5.32 Å². The molecule has 0 spiro atoms. The predicted molar refractivity (Wildman–Crippen MR) is 79.0 cm³/mol. The third-order valence-corrected chi connectivity index (χ3v) is 4.36. The number of rotatable bonds is 4. The van der Waals surface area contributed by atoms with Gasteiger partial charge in [-0.05, 0) is 69.7 Å². The summed E-state index contributed by atoms with van der Waals surface area (Å²) in [6, 6.07) is 5.08. The molecule has 0 aliphatic heterocycles. The molecule has 1 unspecified atom stereocenters. The van der Waals surface area contributed by atoms with Gasteiger partial charge in [0.15, 0.2) is 0 Å². The molecule has 1 heteroatoms. The van der Waals surface area contributed by atoms with Gasteiger partial charge in [-0.25, -0.2) is 0 Å². The van der Waals surface area contributed by atoms with E-state index in [9.17, 15) is 0 Å². The smallest absolute Gasteiger partial charge is 0.0297 e. The summed E-state index contributed by atoms with van der Waals surface area (Å²) in [7, 11) is 0. The average Bonchev–Trinajstić information content (AvgIpc) is 2.77. The molecule has 0 radical (unpaired) electrons. The normalized spacial score (nSPS) is 18.2. The molecule has 1 fully saturated rings. The molecule has 100 valence electrons. The summed E-state index contributed by atoms with van der Waals surface area (Å²) in [5.41, 5.74) is 5.73. The second-order valence-corrected chi connectivity index (χ2v) is 6.09. The minimum absolute atomic E-state index is 0.478. The number of aryl methyl sites for hydroxylation is 3. The lowest BCUT2D eigenvalue weighted by molar-refractivity contribution is 0.451. The van der Waals surface area contributed by atoms with Gasteiger partial charge in [0.2, 0.25) is 0 Å². The lowest BCUT2D eigenvalue weighted by Gasteiger charge is -2.21. The van der Waals surface area contributed by atoms with Crippen LogP contribution in [0.25, 0.3) is 0 Å². The molecular formula is C17H27N. The molecule has 1 aromatic carbocycles. The summed E-state index contributed by atoms with van der Waals surface area (Å²) < 4.78 is 0. The van der Waals surface area contributed by atoms with Crippen LogP contribution in [-0.2, 0) is 0 Å². The minimum atomic E-state index is 0.478. The number of hydrogen-bond donors (Lipinski definition) is 1. The molecule has 1 nitrogen and oxygen atoms in total. The average molecular weight is 245 g/mol. The van der Waals surface area contributed by atoms with E-state index in [1.807, 2.05) is 0 Å². The standard InChI is InChI=1S/C17H27N/c1-12-9-13(2)17(14(3)10-12)15(4)18-11-16-7-5-6-8-16/h9-10,15-16,18H,5-8,11H2,1-4H3. The molecule has 1 aliphatic rings. The van der Waals surface area contributed by atoms with Crippen molar-refractivity contribution in [3.05, 3.63) is 34.4 Å². The van der Waals surface area contributed by atoms with Crippen LogP contribution >= 0.6 is 0 Å². The van der Waals surface area contributed by atoms with Crippen molar-refractivity contribution >= 4 is 0 Å². The second-order valence-electron chi connectivity index (χ2n) is 6.09. The molecule has 0 amide bonds. The third-order valence-electron chi connectivity index (χ3n) is 4.36. The maximum absolute atomic E-state index is 3.74. The van der Waals surface area contributed by atoms with Crippen LogP contribution in [0.5, 0.6) is 0 Å². The van der Waals surface area contributed by atoms with Crippen molar-refractivity contribution in [2.75, 3.05) is 6.54 Å². The summed E-state index contributed by atoms with van der Waals surface area (Å²) in [4.78, 5) is 0. The molecule has 0 heterocycles. The highest BCUT2D eigenvalue weighted by atomic mass is 14.9. The fourth-order valence-corrected chi connectivity index (χ4v) is 3.53. The minimum Gasteiger partial charge on any atom is -0.310 e. The van der Waals surface area contributed by atoms with Gasteiger partial charge in [-0.15, -0.1) is 0 Å².